The minimum Gasteiger partial charge on any atom is -0.508 e. The van der Waals surface area contributed by atoms with Crippen LogP contribution in [0.1, 0.15) is 83.5 Å². The summed E-state index contributed by atoms with van der Waals surface area (Å²) >= 11 is 2.78. The van der Waals surface area contributed by atoms with Gasteiger partial charge >= 0.3 is 5.97 Å². The topological polar surface area (TPSA) is 440 Å². The number of benzene rings is 5. The molecule has 106 heavy (non-hydrogen) atoms. The van der Waals surface area contributed by atoms with Crippen LogP contribution in [0.4, 0.5) is 8.78 Å². The number of phenolic OH excluding ortho intramolecular Hbond substituents is 1. The van der Waals surface area contributed by atoms with E-state index in [4.69, 9.17) is 11.5 Å². The summed E-state index contributed by atoms with van der Waals surface area (Å²) in [5.41, 5.74) is 16.3. The number of aliphatic carboxylic acids is 1. The molecule has 2 bridgehead atoms. The van der Waals surface area contributed by atoms with Crippen LogP contribution in [0, 0.1) is 11.6 Å². The van der Waals surface area contributed by atoms with Gasteiger partial charge in [0.25, 0.3) is 0 Å². The van der Waals surface area contributed by atoms with E-state index in [1.54, 1.807) is 18.2 Å². The largest absolute Gasteiger partial charge is 0.508 e. The molecule has 10 amide bonds. The minimum absolute atomic E-state index is 0.00342. The van der Waals surface area contributed by atoms with Crippen molar-refractivity contribution < 1.29 is 71.7 Å². The third-order valence-electron chi connectivity index (χ3n) is 18.3. The summed E-state index contributed by atoms with van der Waals surface area (Å²) in [6, 6.07) is 17.7. The number of unbranched alkanes of at least 4 members (excludes halogenated alkanes) is 1. The van der Waals surface area contributed by atoms with Crippen LogP contribution in [-0.4, -0.2) is 180 Å². The fourth-order valence-electron chi connectivity index (χ4n) is 12.8. The summed E-state index contributed by atoms with van der Waals surface area (Å²) in [5, 5.41) is 42.4. The molecule has 558 valence electrons. The monoisotopic (exact) mass is 1490 g/mol. The number of aromatic nitrogens is 4. The lowest BCUT2D eigenvalue weighted by Crippen LogP contribution is -2.61. The lowest BCUT2D eigenvalue weighted by Gasteiger charge is -2.31. The molecular weight excluding hydrogens is 1410 g/mol. The molecule has 32 heteroatoms. The molecule has 5 aromatic carbocycles. The molecule has 0 unspecified atom stereocenters. The van der Waals surface area contributed by atoms with Crippen LogP contribution < -0.4 is 54.0 Å². The predicted octanol–water partition coefficient (Wildman–Crippen LogP) is 3.18. The molecule has 9 atom stereocenters. The fourth-order valence-corrected chi connectivity index (χ4v) is 14.7. The number of nitrogens with one attached hydrogen (secondary N) is 11. The number of hydrogen-bond acceptors (Lipinski definition) is 16. The number of nitrogens with two attached hydrogens (primary N) is 2. The molecule has 0 radical (unpaired) electrons. The number of phenols is 1. The van der Waals surface area contributed by atoms with E-state index in [9.17, 15) is 48.2 Å². The molecule has 17 N–H and O–H groups in total. The number of carboxylic acid groups (broad SMARTS) is 1. The van der Waals surface area contributed by atoms with Crippen molar-refractivity contribution in [3.63, 3.8) is 0 Å². The number of hydrogen-bond donors (Lipinski definition) is 15. The SMILES string of the molecule is NCCCC[C@@H]1NC(=O)CCSCc2cccc(c2)CSC[C@@H](C(N)=O)NC(=O)[C@@H]2C[C@@H](c3ccccc3)CN2C(=O)[C@H](Cc2ccc(O)cc2)NC(=O)[C@H](Cc2c[nH]cn2)NC(=O)[C@H](CC(=O)O)NC(=O)[C@H](Cc2c[nH]c3ccc(F)cc23)NC(=O)[C@H](Cc2c[nH]c3ccc(F)cc23)NC(=O)CNC1=O. The summed E-state index contributed by atoms with van der Waals surface area (Å²) in [6.07, 6.45) is 4.04. The van der Waals surface area contributed by atoms with Crippen LogP contribution in [0.3, 0.4) is 0 Å². The molecule has 5 heterocycles. The van der Waals surface area contributed by atoms with E-state index in [0.717, 1.165) is 22.8 Å². The van der Waals surface area contributed by atoms with E-state index in [0.29, 0.717) is 64.2 Å². The second-order valence-corrected chi connectivity index (χ2v) is 28.2. The first kappa shape index (κ1) is 77.5. The second-order valence-electron chi connectivity index (χ2n) is 26.1. The molecule has 0 saturated carbocycles. The fraction of sp³-hybridized carbons (Fsp3) is 0.351. The maximum absolute atomic E-state index is 15.6. The highest BCUT2D eigenvalue weighted by molar-refractivity contribution is 7.98. The van der Waals surface area contributed by atoms with Crippen LogP contribution in [-0.2, 0) is 89.9 Å². The molecule has 3 aromatic heterocycles. The standard InChI is InChI=1S/C74H83F2N15O13S2/c75-48-14-18-54-52(28-48)45(32-80-54)25-57-69(99)86-58(26-46-33-81-55-19-15-49(76)29-53(46)55)70(100)88-60(31-66(95)96)72(102)87-59(30-50-34-79-40-83-50)71(101)89-61(24-41-12-16-51(92)17-13-41)74(104)91-36-47(44-9-2-1-3-10-44)27-63(91)73(103)90-62(67(78)97)39-106-38-43-8-6-7-42(23-43)37-105-22-20-64(93)84-56(11-4-5-21-77)68(98)82-35-65(94)85-57/h1-3,6-10,12-19,23,28-29,32-34,40,47,56-63,80-81,92H,4-5,11,20-22,24-27,30-31,35-39,77H2,(H2,78,97)(H,79,83)(H,82,98)(H,84,93)(H,85,94)(H,86,99)(H,87,102)(H,88,100)(H,89,101)(H,90,103)(H,95,96)/t47-,56+,57+,58+,59+,60+,61+,62+,63+/m1/s1. The predicted molar refractivity (Wildman–Crippen MR) is 392 cm³/mol. The smallest absolute Gasteiger partial charge is 0.305 e. The van der Waals surface area contributed by atoms with Crippen LogP contribution in [0.15, 0.2) is 140 Å². The molecule has 1 saturated heterocycles. The number of aromatic hydroxyl groups is 1. The number of amides is 10. The Morgan fingerprint density at radius 1 is 0.594 bits per heavy atom. The quantitative estimate of drug-likeness (QED) is 0.0618. The van der Waals surface area contributed by atoms with E-state index in [-0.39, 0.29) is 66.8 Å². The van der Waals surface area contributed by atoms with E-state index in [1.807, 2.05) is 36.4 Å². The summed E-state index contributed by atoms with van der Waals surface area (Å²) in [5.74, 6) is -11.3. The normalized spacial score (nSPS) is 22.2. The van der Waals surface area contributed by atoms with E-state index < -0.39 is 157 Å². The van der Waals surface area contributed by atoms with Gasteiger partial charge in [0.05, 0.1) is 25.0 Å². The Kier molecular flexibility index (Phi) is 27.1. The highest BCUT2D eigenvalue weighted by Gasteiger charge is 2.44. The van der Waals surface area contributed by atoms with Crippen molar-refractivity contribution in [3.05, 3.63) is 191 Å². The number of carboxylic acids is 1. The number of thioether (sulfide) groups is 2. The summed E-state index contributed by atoms with van der Waals surface area (Å²) < 4.78 is 29.9. The third kappa shape index (κ3) is 21.5. The zero-order valence-corrected chi connectivity index (χ0v) is 59.1. The Bertz CT molecular complexity index is 4470. The molecular formula is C74H83F2N15O13S2. The van der Waals surface area contributed by atoms with Crippen molar-refractivity contribution in [3.8, 4) is 5.75 Å². The van der Waals surface area contributed by atoms with Crippen molar-refractivity contribution in [1.82, 2.24) is 67.4 Å². The number of primary amides is 1. The van der Waals surface area contributed by atoms with Crippen molar-refractivity contribution in [2.75, 3.05) is 31.1 Å². The average Bonchev–Trinajstić information content (AvgIpc) is 1.66. The van der Waals surface area contributed by atoms with Crippen LogP contribution in [0.25, 0.3) is 21.8 Å². The lowest BCUT2D eigenvalue weighted by molar-refractivity contribution is -0.143. The second kappa shape index (κ2) is 37.0. The van der Waals surface area contributed by atoms with Gasteiger partial charge in [0.2, 0.25) is 59.1 Å². The number of fused-ring (bicyclic) bond motifs is 5. The average molecular weight is 1490 g/mol. The minimum atomic E-state index is -2.06. The summed E-state index contributed by atoms with van der Waals surface area (Å²) in [6.45, 7) is -0.512. The van der Waals surface area contributed by atoms with Gasteiger partial charge in [-0.05, 0) is 114 Å². The Hall–Kier alpha value is -11.1. The Morgan fingerprint density at radius 2 is 1.19 bits per heavy atom. The first-order chi connectivity index (χ1) is 51.0. The van der Waals surface area contributed by atoms with E-state index in [2.05, 4.69) is 62.5 Å². The maximum Gasteiger partial charge on any atom is 0.305 e. The third-order valence-corrected chi connectivity index (χ3v) is 20.5. The van der Waals surface area contributed by atoms with Gasteiger partial charge in [-0.15, -0.1) is 0 Å². The number of H-pyrrole nitrogens is 3. The maximum atomic E-state index is 15.6. The highest BCUT2D eigenvalue weighted by atomic mass is 32.2. The van der Waals surface area contributed by atoms with Crippen molar-refractivity contribution >= 4 is 110 Å². The lowest BCUT2D eigenvalue weighted by atomic mass is 9.96. The number of halogens is 2. The van der Waals surface area contributed by atoms with E-state index >= 15 is 23.6 Å². The highest BCUT2D eigenvalue weighted by Crippen LogP contribution is 2.34. The number of carbonyl (C=O) groups is 11. The molecule has 0 aliphatic carbocycles. The number of rotatable bonds is 16. The molecule has 2 aliphatic heterocycles. The first-order valence-electron chi connectivity index (χ1n) is 34.5. The van der Waals surface area contributed by atoms with Gasteiger partial charge < -0.3 is 84.1 Å². The Labute approximate surface area is 615 Å². The molecule has 1 fully saturated rings. The number of carbonyl (C=O) groups excluding carboxylic acids is 10. The first-order valence-corrected chi connectivity index (χ1v) is 36.8. The molecule has 2 aliphatic rings. The van der Waals surface area contributed by atoms with Crippen LogP contribution in [0.2, 0.25) is 0 Å². The zero-order chi connectivity index (χ0) is 75.4. The van der Waals surface area contributed by atoms with Gasteiger partial charge in [0, 0.05) is 108 Å². The van der Waals surface area contributed by atoms with Gasteiger partial charge in [0.15, 0.2) is 0 Å². The van der Waals surface area contributed by atoms with Crippen LogP contribution >= 0.6 is 23.5 Å². The van der Waals surface area contributed by atoms with Gasteiger partial charge in [-0.3, -0.25) is 52.7 Å². The zero-order valence-electron chi connectivity index (χ0n) is 57.5. The Morgan fingerprint density at radius 3 is 1.80 bits per heavy atom. The molecule has 10 rings (SSSR count). The number of imidazole rings is 1. The van der Waals surface area contributed by atoms with Gasteiger partial charge in [0.1, 0.15) is 65.7 Å². The van der Waals surface area contributed by atoms with Crippen molar-refractivity contribution in [2.45, 2.75) is 130 Å². The Balaban J connectivity index is 0.999. The van der Waals surface area contributed by atoms with E-state index in [1.165, 1.54) is 108 Å². The number of aromatic amines is 3. The summed E-state index contributed by atoms with van der Waals surface area (Å²) in [4.78, 5) is 173. The molecule has 28 nitrogen and oxygen atoms in total. The van der Waals surface area contributed by atoms with Crippen molar-refractivity contribution in [1.29, 1.82) is 0 Å². The van der Waals surface area contributed by atoms with Gasteiger partial charge in [-0.25, -0.2) is 13.8 Å². The van der Waals surface area contributed by atoms with Crippen LogP contribution in [0.5, 0.6) is 5.75 Å². The summed E-state index contributed by atoms with van der Waals surface area (Å²) in [7, 11) is 0. The number of nitrogens with zero attached hydrogens (tertiary/aromatic N) is 2. The molecule has 0 spiro atoms. The van der Waals surface area contributed by atoms with Gasteiger partial charge in [-0.1, -0.05) is 66.7 Å². The van der Waals surface area contributed by atoms with Gasteiger partial charge in [-0.2, -0.15) is 23.5 Å². The molecule has 8 aromatic rings. The van der Waals surface area contributed by atoms with Crippen molar-refractivity contribution in [2.24, 2.45) is 11.5 Å².